The van der Waals surface area contributed by atoms with Crippen molar-refractivity contribution in [2.75, 3.05) is 0 Å². The molecule has 22 heavy (non-hydrogen) atoms. The van der Waals surface area contributed by atoms with E-state index in [0.29, 0.717) is 23.8 Å². The monoisotopic (exact) mass is 300 g/mol. The molecule has 0 unspecified atom stereocenters. The lowest BCUT2D eigenvalue weighted by molar-refractivity contribution is -0.138. The van der Waals surface area contributed by atoms with Gasteiger partial charge in [0.05, 0.1) is 0 Å². The summed E-state index contributed by atoms with van der Waals surface area (Å²) in [5, 5.41) is 0. The van der Waals surface area contributed by atoms with E-state index in [-0.39, 0.29) is 28.3 Å². The summed E-state index contributed by atoms with van der Waals surface area (Å²) in [6, 6.07) is 0. The van der Waals surface area contributed by atoms with E-state index in [1.54, 1.807) is 13.0 Å². The van der Waals surface area contributed by atoms with Crippen LogP contribution in [-0.2, 0) is 9.59 Å². The number of ketones is 2. The molecule has 3 aliphatic carbocycles. The van der Waals surface area contributed by atoms with Crippen molar-refractivity contribution in [2.45, 2.75) is 59.8 Å². The van der Waals surface area contributed by atoms with Gasteiger partial charge in [0.15, 0.2) is 11.6 Å². The van der Waals surface area contributed by atoms with Crippen LogP contribution in [0, 0.1) is 28.6 Å². The summed E-state index contributed by atoms with van der Waals surface area (Å²) < 4.78 is 0. The summed E-state index contributed by atoms with van der Waals surface area (Å²) in [5.41, 5.74) is 1.66. The third kappa shape index (κ3) is 1.99. The van der Waals surface area contributed by atoms with E-state index >= 15 is 0 Å². The SMILES string of the molecule is C=C(C)[C@@H]1CC[C@]2(C)[C@@H]1CC[C@]1(C)C(=O)C=C(C)C(=O)C[C@@H]21. The molecular weight excluding hydrogens is 272 g/mol. The Balaban J connectivity index is 2.05. The van der Waals surface area contributed by atoms with Crippen LogP contribution in [-0.4, -0.2) is 11.6 Å². The first-order chi connectivity index (χ1) is 10.2. The Labute approximate surface area is 134 Å². The van der Waals surface area contributed by atoms with E-state index < -0.39 is 0 Å². The predicted octanol–water partition coefficient (Wildman–Crippen LogP) is 4.50. The summed E-state index contributed by atoms with van der Waals surface area (Å²) in [5.74, 6) is 1.68. The van der Waals surface area contributed by atoms with Crippen LogP contribution in [0.25, 0.3) is 0 Å². The van der Waals surface area contributed by atoms with Crippen molar-refractivity contribution in [1.82, 2.24) is 0 Å². The van der Waals surface area contributed by atoms with E-state index in [1.165, 1.54) is 5.57 Å². The number of allylic oxidation sites excluding steroid dienone is 3. The highest BCUT2D eigenvalue weighted by atomic mass is 16.1. The van der Waals surface area contributed by atoms with Crippen LogP contribution in [0.3, 0.4) is 0 Å². The molecule has 0 N–H and O–H groups in total. The van der Waals surface area contributed by atoms with Gasteiger partial charge in [0.1, 0.15) is 0 Å². The van der Waals surface area contributed by atoms with Crippen LogP contribution < -0.4 is 0 Å². The maximum absolute atomic E-state index is 12.8. The number of hydrogen-bond donors (Lipinski definition) is 0. The maximum Gasteiger partial charge on any atom is 0.162 e. The largest absolute Gasteiger partial charge is 0.295 e. The zero-order valence-corrected chi connectivity index (χ0v) is 14.4. The van der Waals surface area contributed by atoms with Crippen LogP contribution in [0.15, 0.2) is 23.8 Å². The minimum Gasteiger partial charge on any atom is -0.295 e. The molecule has 0 aliphatic heterocycles. The second kappa shape index (κ2) is 4.91. The van der Waals surface area contributed by atoms with E-state index in [9.17, 15) is 9.59 Å². The first-order valence-electron chi connectivity index (χ1n) is 8.61. The zero-order chi connectivity index (χ0) is 16.3. The van der Waals surface area contributed by atoms with Crippen molar-refractivity contribution in [2.24, 2.45) is 28.6 Å². The average molecular weight is 300 g/mol. The molecule has 2 saturated carbocycles. The third-order valence-corrected chi connectivity index (χ3v) is 7.24. The lowest BCUT2D eigenvalue weighted by Gasteiger charge is -2.53. The second-order valence-electron chi connectivity index (χ2n) is 8.43. The molecule has 3 aliphatic rings. The van der Waals surface area contributed by atoms with Gasteiger partial charge in [-0.3, -0.25) is 9.59 Å². The number of Topliss-reactive ketones (excluding diaryl/α,β-unsaturated/α-hetero) is 1. The minimum atomic E-state index is -0.358. The molecule has 3 rings (SSSR count). The Bertz CT molecular complexity index is 585. The Hall–Kier alpha value is -1.18. The molecule has 0 heterocycles. The predicted molar refractivity (Wildman–Crippen MR) is 88.4 cm³/mol. The van der Waals surface area contributed by atoms with Gasteiger partial charge in [-0.15, -0.1) is 0 Å². The van der Waals surface area contributed by atoms with Crippen LogP contribution in [0.4, 0.5) is 0 Å². The molecule has 0 saturated heterocycles. The Kier molecular flexibility index (Phi) is 3.50. The summed E-state index contributed by atoms with van der Waals surface area (Å²) in [7, 11) is 0. The van der Waals surface area contributed by atoms with Gasteiger partial charge in [0.2, 0.25) is 0 Å². The van der Waals surface area contributed by atoms with Gasteiger partial charge in [-0.05, 0) is 74.3 Å². The fourth-order valence-corrected chi connectivity index (χ4v) is 5.77. The van der Waals surface area contributed by atoms with Crippen molar-refractivity contribution in [3.05, 3.63) is 23.8 Å². The molecular formula is C20H28O2. The Morgan fingerprint density at radius 3 is 2.55 bits per heavy atom. The van der Waals surface area contributed by atoms with E-state index in [4.69, 9.17) is 0 Å². The van der Waals surface area contributed by atoms with Gasteiger partial charge in [-0.2, -0.15) is 0 Å². The van der Waals surface area contributed by atoms with Crippen molar-refractivity contribution >= 4 is 11.6 Å². The smallest absolute Gasteiger partial charge is 0.162 e. The van der Waals surface area contributed by atoms with Gasteiger partial charge in [-0.25, -0.2) is 0 Å². The molecule has 0 bridgehead atoms. The molecule has 2 nitrogen and oxygen atoms in total. The summed E-state index contributed by atoms with van der Waals surface area (Å²) in [4.78, 5) is 25.3. The van der Waals surface area contributed by atoms with Crippen molar-refractivity contribution < 1.29 is 9.59 Å². The van der Waals surface area contributed by atoms with Crippen LogP contribution in [0.5, 0.6) is 0 Å². The van der Waals surface area contributed by atoms with Gasteiger partial charge in [0, 0.05) is 11.8 Å². The van der Waals surface area contributed by atoms with E-state index in [0.717, 1.165) is 25.7 Å². The van der Waals surface area contributed by atoms with Gasteiger partial charge in [-0.1, -0.05) is 26.0 Å². The molecule has 0 spiro atoms. The minimum absolute atomic E-state index is 0.0976. The highest BCUT2D eigenvalue weighted by Crippen LogP contribution is 2.65. The van der Waals surface area contributed by atoms with Crippen molar-refractivity contribution in [3.8, 4) is 0 Å². The fourth-order valence-electron chi connectivity index (χ4n) is 5.77. The molecule has 0 aromatic rings. The molecule has 2 heteroatoms. The zero-order valence-electron chi connectivity index (χ0n) is 14.4. The summed E-state index contributed by atoms with van der Waals surface area (Å²) in [6.45, 7) is 12.6. The number of hydrogen-bond acceptors (Lipinski definition) is 2. The maximum atomic E-state index is 12.8. The van der Waals surface area contributed by atoms with Crippen LogP contribution >= 0.6 is 0 Å². The molecule has 5 atom stereocenters. The Morgan fingerprint density at radius 2 is 1.91 bits per heavy atom. The number of carbonyl (C=O) groups excluding carboxylic acids is 2. The lowest BCUT2D eigenvalue weighted by Crippen LogP contribution is -2.50. The van der Waals surface area contributed by atoms with Gasteiger partial charge in [0.25, 0.3) is 0 Å². The summed E-state index contributed by atoms with van der Waals surface area (Å²) in [6.07, 6.45) is 6.45. The number of fused-ring (bicyclic) bond motifs is 3. The average Bonchev–Trinajstić information content (AvgIpc) is 2.75. The molecule has 120 valence electrons. The highest BCUT2D eigenvalue weighted by molar-refractivity contribution is 6.06. The van der Waals surface area contributed by atoms with Gasteiger partial charge < -0.3 is 0 Å². The normalized spacial score (nSPS) is 44.9. The molecule has 0 radical (unpaired) electrons. The quantitative estimate of drug-likeness (QED) is 0.668. The third-order valence-electron chi connectivity index (χ3n) is 7.24. The van der Waals surface area contributed by atoms with Crippen LogP contribution in [0.2, 0.25) is 0 Å². The van der Waals surface area contributed by atoms with Crippen LogP contribution in [0.1, 0.15) is 59.8 Å². The number of rotatable bonds is 1. The van der Waals surface area contributed by atoms with E-state index in [1.807, 2.05) is 0 Å². The molecule has 0 amide bonds. The second-order valence-corrected chi connectivity index (χ2v) is 8.43. The molecule has 2 fully saturated rings. The standard InChI is InChI=1S/C20H28O2/c1-12(2)14-6-8-19(4)15(14)7-9-20(5)17(19)11-16(21)13(3)10-18(20)22/h10,14-15,17H,1,6-9,11H2,2-5H3/t14-,15+,17-,19+,20-/m0/s1. The fraction of sp³-hybridized carbons (Fsp3) is 0.700. The van der Waals surface area contributed by atoms with Gasteiger partial charge >= 0.3 is 0 Å². The Morgan fingerprint density at radius 1 is 1.23 bits per heavy atom. The van der Waals surface area contributed by atoms with E-state index in [2.05, 4.69) is 27.4 Å². The molecule has 0 aromatic carbocycles. The van der Waals surface area contributed by atoms with Crippen molar-refractivity contribution in [1.29, 1.82) is 0 Å². The first kappa shape index (κ1) is 15.7. The number of carbonyl (C=O) groups is 2. The molecule has 0 aromatic heterocycles. The first-order valence-corrected chi connectivity index (χ1v) is 8.61. The highest BCUT2D eigenvalue weighted by Gasteiger charge is 2.60. The van der Waals surface area contributed by atoms with Crippen molar-refractivity contribution in [3.63, 3.8) is 0 Å². The summed E-state index contributed by atoms with van der Waals surface area (Å²) >= 11 is 0. The topological polar surface area (TPSA) is 34.1 Å². The lowest BCUT2D eigenvalue weighted by atomic mass is 9.50.